The summed E-state index contributed by atoms with van der Waals surface area (Å²) in [6, 6.07) is 4.77. The Labute approximate surface area is 96.4 Å². The molecule has 16 heavy (non-hydrogen) atoms. The summed E-state index contributed by atoms with van der Waals surface area (Å²) in [6.07, 6.45) is 1.28. The number of rotatable bonds is 3. The summed E-state index contributed by atoms with van der Waals surface area (Å²) in [5.41, 5.74) is 0.443. The Hall–Kier alpha value is -1.88. The largest absolute Gasteiger partial charge is 0.495 e. The van der Waals surface area contributed by atoms with Crippen molar-refractivity contribution in [3.63, 3.8) is 0 Å². The van der Waals surface area contributed by atoms with Crippen molar-refractivity contribution in [1.29, 1.82) is 0 Å². The zero-order valence-corrected chi connectivity index (χ0v) is 9.15. The molecule has 82 valence electrons. The second-order valence-electron chi connectivity index (χ2n) is 3.01. The van der Waals surface area contributed by atoms with Crippen LogP contribution in [0.5, 0.6) is 5.75 Å². The van der Waals surface area contributed by atoms with E-state index in [2.05, 4.69) is 15.2 Å². The molecule has 0 spiro atoms. The van der Waals surface area contributed by atoms with E-state index < -0.39 is 0 Å². The van der Waals surface area contributed by atoms with E-state index in [9.17, 15) is 4.79 Å². The predicted molar refractivity (Wildman–Crippen MR) is 57.8 cm³/mol. The number of nitrogens with one attached hydrogen (secondary N) is 1. The number of halogens is 1. The fourth-order valence-electron chi connectivity index (χ4n) is 1.25. The number of methoxy groups -OCH3 is 1. The van der Waals surface area contributed by atoms with Crippen molar-refractivity contribution in [3.8, 4) is 5.75 Å². The minimum Gasteiger partial charge on any atom is -0.495 e. The fraction of sp³-hybridized carbons (Fsp3) is 0.100. The maximum Gasteiger partial charge on any atom is 0.229 e. The number of carbonyl (C=O) groups excluding carboxylic acids is 1. The lowest BCUT2D eigenvalue weighted by molar-refractivity contribution is 0.102. The second kappa shape index (κ2) is 4.32. The van der Waals surface area contributed by atoms with Gasteiger partial charge in [-0.15, -0.1) is 0 Å². The van der Waals surface area contributed by atoms with Crippen LogP contribution in [-0.2, 0) is 0 Å². The van der Waals surface area contributed by atoms with Gasteiger partial charge in [0.1, 0.15) is 12.1 Å². The number of hydrogen-bond donors (Lipinski definition) is 1. The highest BCUT2D eigenvalue weighted by Crippen LogP contribution is 2.25. The van der Waals surface area contributed by atoms with Crippen LogP contribution in [0.2, 0.25) is 5.02 Å². The molecule has 0 saturated carbocycles. The summed E-state index contributed by atoms with van der Waals surface area (Å²) in [4.78, 5) is 15.6. The highest BCUT2D eigenvalue weighted by molar-refractivity contribution is 6.32. The number of aromatic nitrogens is 3. The predicted octanol–water partition coefficient (Wildman–Crippen LogP) is 1.70. The third-order valence-corrected chi connectivity index (χ3v) is 2.36. The van der Waals surface area contributed by atoms with Crippen molar-refractivity contribution >= 4 is 17.4 Å². The van der Waals surface area contributed by atoms with Gasteiger partial charge in [0.05, 0.1) is 12.1 Å². The van der Waals surface area contributed by atoms with Crippen LogP contribution in [0, 0.1) is 0 Å². The number of carbonyl (C=O) groups is 1. The van der Waals surface area contributed by atoms with Crippen LogP contribution in [0.15, 0.2) is 24.5 Å². The molecule has 0 aliphatic rings. The number of nitrogens with zero attached hydrogens (tertiary/aromatic N) is 2. The van der Waals surface area contributed by atoms with Crippen LogP contribution in [0.3, 0.4) is 0 Å². The smallest absolute Gasteiger partial charge is 0.229 e. The summed E-state index contributed by atoms with van der Waals surface area (Å²) in [5.74, 6) is 0.379. The SMILES string of the molecule is COc1cc(C(=O)c2ncn[nH]2)ccc1Cl. The van der Waals surface area contributed by atoms with Gasteiger partial charge in [0, 0.05) is 5.56 Å². The normalized spacial score (nSPS) is 10.1. The molecule has 5 nitrogen and oxygen atoms in total. The van der Waals surface area contributed by atoms with Gasteiger partial charge >= 0.3 is 0 Å². The van der Waals surface area contributed by atoms with Crippen molar-refractivity contribution in [2.24, 2.45) is 0 Å². The zero-order chi connectivity index (χ0) is 11.5. The molecule has 1 heterocycles. The molecule has 0 atom stereocenters. The highest BCUT2D eigenvalue weighted by atomic mass is 35.5. The van der Waals surface area contributed by atoms with Gasteiger partial charge in [0.15, 0.2) is 5.82 Å². The zero-order valence-electron chi connectivity index (χ0n) is 8.40. The van der Waals surface area contributed by atoms with Crippen LogP contribution < -0.4 is 4.74 Å². The van der Waals surface area contributed by atoms with E-state index in [-0.39, 0.29) is 11.6 Å². The Morgan fingerprint density at radius 2 is 2.31 bits per heavy atom. The fourth-order valence-corrected chi connectivity index (χ4v) is 1.45. The van der Waals surface area contributed by atoms with E-state index in [1.807, 2.05) is 0 Å². The van der Waals surface area contributed by atoms with Gasteiger partial charge < -0.3 is 4.74 Å². The average molecular weight is 238 g/mol. The minimum atomic E-state index is -0.257. The second-order valence-corrected chi connectivity index (χ2v) is 3.42. The first kappa shape index (κ1) is 10.6. The highest BCUT2D eigenvalue weighted by Gasteiger charge is 2.13. The van der Waals surface area contributed by atoms with E-state index in [4.69, 9.17) is 16.3 Å². The Kier molecular flexibility index (Phi) is 2.87. The minimum absolute atomic E-state index is 0.185. The molecule has 0 radical (unpaired) electrons. The molecule has 2 rings (SSSR count). The first-order valence-corrected chi connectivity index (χ1v) is 4.84. The van der Waals surface area contributed by atoms with E-state index in [1.165, 1.54) is 13.4 Å². The van der Waals surface area contributed by atoms with Gasteiger partial charge in [-0.05, 0) is 18.2 Å². The van der Waals surface area contributed by atoms with Crippen molar-refractivity contribution in [2.45, 2.75) is 0 Å². The molecule has 1 aromatic carbocycles. The van der Waals surface area contributed by atoms with E-state index >= 15 is 0 Å². The molecule has 1 aromatic heterocycles. The average Bonchev–Trinajstić information content (AvgIpc) is 2.82. The number of hydrogen-bond acceptors (Lipinski definition) is 4. The third kappa shape index (κ3) is 1.90. The topological polar surface area (TPSA) is 67.9 Å². The summed E-state index contributed by atoms with van der Waals surface area (Å²) >= 11 is 5.85. The molecule has 0 bridgehead atoms. The first-order valence-electron chi connectivity index (χ1n) is 4.46. The molecule has 0 aliphatic heterocycles. The van der Waals surface area contributed by atoms with Crippen LogP contribution in [0.25, 0.3) is 0 Å². The monoisotopic (exact) mass is 237 g/mol. The van der Waals surface area contributed by atoms with Crippen LogP contribution >= 0.6 is 11.6 Å². The van der Waals surface area contributed by atoms with Crippen LogP contribution in [0.4, 0.5) is 0 Å². The Bertz CT molecular complexity index is 511. The first-order chi connectivity index (χ1) is 7.72. The molecule has 0 amide bonds. The molecular weight excluding hydrogens is 230 g/mol. The lowest BCUT2D eigenvalue weighted by Crippen LogP contribution is -2.04. The Morgan fingerprint density at radius 3 is 2.94 bits per heavy atom. The summed E-state index contributed by atoms with van der Waals surface area (Å²) < 4.78 is 5.02. The van der Waals surface area contributed by atoms with Crippen molar-refractivity contribution in [3.05, 3.63) is 40.9 Å². The lowest BCUT2D eigenvalue weighted by atomic mass is 10.1. The van der Waals surface area contributed by atoms with Gasteiger partial charge in [-0.2, -0.15) is 5.10 Å². The number of ketones is 1. The van der Waals surface area contributed by atoms with E-state index in [0.717, 1.165) is 0 Å². The molecule has 6 heteroatoms. The maximum absolute atomic E-state index is 11.9. The van der Waals surface area contributed by atoms with Crippen LogP contribution in [0.1, 0.15) is 16.2 Å². The Morgan fingerprint density at radius 1 is 1.50 bits per heavy atom. The van der Waals surface area contributed by atoms with Gasteiger partial charge in [0.25, 0.3) is 0 Å². The molecule has 2 aromatic rings. The third-order valence-electron chi connectivity index (χ3n) is 2.04. The van der Waals surface area contributed by atoms with Crippen molar-refractivity contribution in [2.75, 3.05) is 7.11 Å². The molecule has 0 fully saturated rings. The molecule has 0 aliphatic carbocycles. The van der Waals surface area contributed by atoms with Gasteiger partial charge in [0.2, 0.25) is 5.78 Å². The molecular formula is C10H8ClN3O2. The molecule has 1 N–H and O–H groups in total. The number of aromatic amines is 1. The summed E-state index contributed by atoms with van der Waals surface area (Å²) in [7, 11) is 1.49. The number of benzene rings is 1. The van der Waals surface area contributed by atoms with Crippen molar-refractivity contribution < 1.29 is 9.53 Å². The van der Waals surface area contributed by atoms with Crippen molar-refractivity contribution in [1.82, 2.24) is 15.2 Å². The summed E-state index contributed by atoms with van der Waals surface area (Å²) in [5, 5.41) is 6.57. The molecule has 0 unspecified atom stereocenters. The Balaban J connectivity index is 2.38. The van der Waals surface area contributed by atoms with Gasteiger partial charge in [-0.1, -0.05) is 11.6 Å². The van der Waals surface area contributed by atoms with Gasteiger partial charge in [-0.3, -0.25) is 9.89 Å². The van der Waals surface area contributed by atoms with Gasteiger partial charge in [-0.25, -0.2) is 4.98 Å². The maximum atomic E-state index is 11.9. The van der Waals surface area contributed by atoms with Crippen LogP contribution in [-0.4, -0.2) is 28.1 Å². The lowest BCUT2D eigenvalue weighted by Gasteiger charge is -2.04. The van der Waals surface area contributed by atoms with E-state index in [1.54, 1.807) is 18.2 Å². The number of H-pyrrole nitrogens is 1. The standard InChI is InChI=1S/C10H8ClN3O2/c1-16-8-4-6(2-3-7(8)11)9(15)10-12-5-13-14-10/h2-5H,1H3,(H,12,13,14). The molecule has 0 saturated heterocycles. The van der Waals surface area contributed by atoms with E-state index in [0.29, 0.717) is 16.3 Å². The quantitative estimate of drug-likeness (QED) is 0.825. The summed E-state index contributed by atoms with van der Waals surface area (Å²) in [6.45, 7) is 0. The number of ether oxygens (including phenoxy) is 1.